The molecular formula is C24H25ClF3N3O5. The maximum Gasteiger partial charge on any atom is 0.416 e. The predicted molar refractivity (Wildman–Crippen MR) is 125 cm³/mol. The number of aliphatic hydroxyl groups is 1. The molecule has 8 nitrogen and oxygen atoms in total. The minimum Gasteiger partial charge on any atom is -0.448 e. The number of nitrogens with two attached hydrogens (primary N) is 1. The molecule has 2 aromatic rings. The Morgan fingerprint density at radius 3 is 2.22 bits per heavy atom. The number of carbonyl (C=O) groups is 3. The number of aliphatic hydroxyl groups excluding tert-OH is 1. The van der Waals surface area contributed by atoms with Crippen molar-refractivity contribution in [1.82, 2.24) is 4.90 Å². The second kappa shape index (κ2) is 11.2. The van der Waals surface area contributed by atoms with E-state index in [0.29, 0.717) is 10.6 Å². The first-order valence-electron chi connectivity index (χ1n) is 11.0. The summed E-state index contributed by atoms with van der Waals surface area (Å²) in [4.78, 5) is 39.7. The molecule has 0 atom stereocenters. The van der Waals surface area contributed by atoms with Gasteiger partial charge in [-0.25, -0.2) is 4.79 Å². The molecule has 36 heavy (non-hydrogen) atoms. The first-order chi connectivity index (χ1) is 17.0. The van der Waals surface area contributed by atoms with Gasteiger partial charge < -0.3 is 20.5 Å². The Morgan fingerprint density at radius 1 is 1.08 bits per heavy atom. The molecule has 3 N–H and O–H groups in total. The quantitative estimate of drug-likeness (QED) is 0.571. The lowest BCUT2D eigenvalue weighted by Gasteiger charge is -2.39. The molecule has 2 aromatic carbocycles. The van der Waals surface area contributed by atoms with E-state index in [9.17, 15) is 27.6 Å². The molecule has 1 heterocycles. The largest absolute Gasteiger partial charge is 0.448 e. The number of anilines is 1. The minimum absolute atomic E-state index is 0.105. The van der Waals surface area contributed by atoms with Gasteiger partial charge in [-0.05, 0) is 48.7 Å². The van der Waals surface area contributed by atoms with E-state index >= 15 is 0 Å². The van der Waals surface area contributed by atoms with E-state index in [2.05, 4.69) is 0 Å². The van der Waals surface area contributed by atoms with Crippen molar-refractivity contribution in [3.63, 3.8) is 0 Å². The molecule has 3 rings (SSSR count). The smallest absolute Gasteiger partial charge is 0.416 e. The van der Waals surface area contributed by atoms with Gasteiger partial charge in [-0.3, -0.25) is 14.5 Å². The predicted octanol–water partition coefficient (Wildman–Crippen LogP) is 3.59. The van der Waals surface area contributed by atoms with Crippen molar-refractivity contribution in [1.29, 1.82) is 0 Å². The number of likely N-dealkylation sites (tertiary alicyclic amines) is 1. The summed E-state index contributed by atoms with van der Waals surface area (Å²) in [5, 5.41) is 9.39. The summed E-state index contributed by atoms with van der Waals surface area (Å²) >= 11 is 6.22. The number of hydrogen-bond acceptors (Lipinski definition) is 5. The molecule has 0 aromatic heterocycles. The number of ether oxygens (including phenoxy) is 1. The van der Waals surface area contributed by atoms with Gasteiger partial charge in [0, 0.05) is 23.8 Å². The zero-order chi connectivity index (χ0) is 26.5. The third kappa shape index (κ3) is 6.27. The molecule has 12 heteroatoms. The van der Waals surface area contributed by atoms with Crippen molar-refractivity contribution in [2.75, 3.05) is 31.2 Å². The van der Waals surface area contributed by atoms with Gasteiger partial charge in [0.25, 0.3) is 0 Å². The number of piperidine rings is 1. The second-order valence-corrected chi connectivity index (χ2v) is 8.87. The molecule has 1 saturated heterocycles. The number of halogens is 4. The number of primary amides is 1. The number of nitrogens with zero attached hydrogens (tertiary/aromatic N) is 2. The highest BCUT2D eigenvalue weighted by atomic mass is 35.5. The highest BCUT2D eigenvalue weighted by molar-refractivity contribution is 6.31. The SMILES string of the molecule is NC(=O)C1(COC(=O)N(Cc2ccccc2Cl)c2ccc(C(F)(F)F)cc2)CCN(C(=O)CO)CC1. The molecular weight excluding hydrogens is 503 g/mol. The Morgan fingerprint density at radius 2 is 1.69 bits per heavy atom. The van der Waals surface area contributed by atoms with Crippen LogP contribution < -0.4 is 10.6 Å². The first-order valence-corrected chi connectivity index (χ1v) is 11.4. The molecule has 3 amide bonds. The van der Waals surface area contributed by atoms with Gasteiger partial charge in [0.05, 0.1) is 17.5 Å². The van der Waals surface area contributed by atoms with Gasteiger partial charge in [0.2, 0.25) is 11.8 Å². The highest BCUT2D eigenvalue weighted by Gasteiger charge is 2.42. The van der Waals surface area contributed by atoms with E-state index in [1.807, 2.05) is 0 Å². The van der Waals surface area contributed by atoms with Crippen molar-refractivity contribution < 1.29 is 37.4 Å². The molecule has 0 aliphatic carbocycles. The zero-order valence-electron chi connectivity index (χ0n) is 19.1. The number of hydrogen-bond donors (Lipinski definition) is 2. The minimum atomic E-state index is -4.55. The van der Waals surface area contributed by atoms with Crippen LogP contribution in [0.5, 0.6) is 0 Å². The molecule has 0 saturated carbocycles. The number of amides is 3. The van der Waals surface area contributed by atoms with Crippen LogP contribution in [0.3, 0.4) is 0 Å². The van der Waals surface area contributed by atoms with Crippen LogP contribution in [0.4, 0.5) is 23.7 Å². The number of alkyl halides is 3. The Hall–Kier alpha value is -3.31. The average molecular weight is 528 g/mol. The van der Waals surface area contributed by atoms with E-state index in [1.54, 1.807) is 24.3 Å². The highest BCUT2D eigenvalue weighted by Crippen LogP contribution is 2.34. The molecule has 0 unspecified atom stereocenters. The van der Waals surface area contributed by atoms with Crippen molar-refractivity contribution in [3.05, 3.63) is 64.7 Å². The van der Waals surface area contributed by atoms with E-state index < -0.39 is 41.7 Å². The van der Waals surface area contributed by atoms with Crippen LogP contribution in [0, 0.1) is 5.41 Å². The van der Waals surface area contributed by atoms with Crippen LogP contribution in [0.25, 0.3) is 0 Å². The number of rotatable bonds is 7. The Balaban J connectivity index is 1.81. The third-order valence-corrected chi connectivity index (χ3v) is 6.58. The average Bonchev–Trinajstić information content (AvgIpc) is 2.86. The van der Waals surface area contributed by atoms with Crippen LogP contribution in [0.1, 0.15) is 24.0 Å². The van der Waals surface area contributed by atoms with Crippen LogP contribution in [0.15, 0.2) is 48.5 Å². The van der Waals surface area contributed by atoms with E-state index in [0.717, 1.165) is 29.2 Å². The lowest BCUT2D eigenvalue weighted by atomic mass is 9.78. The maximum atomic E-state index is 13.2. The van der Waals surface area contributed by atoms with Gasteiger partial charge in [0.15, 0.2) is 0 Å². The second-order valence-electron chi connectivity index (χ2n) is 8.46. The van der Waals surface area contributed by atoms with Gasteiger partial charge in [-0.2, -0.15) is 13.2 Å². The molecule has 194 valence electrons. The van der Waals surface area contributed by atoms with Crippen LogP contribution in [-0.2, 0) is 27.0 Å². The Kier molecular flexibility index (Phi) is 8.47. The number of benzene rings is 2. The first kappa shape index (κ1) is 27.3. The Labute approximate surface area is 210 Å². The molecule has 0 radical (unpaired) electrons. The van der Waals surface area contributed by atoms with E-state index in [4.69, 9.17) is 27.2 Å². The van der Waals surface area contributed by atoms with E-state index in [1.165, 1.54) is 4.90 Å². The standard InChI is InChI=1S/C24H25ClF3N3O5/c25-19-4-2-1-3-16(19)13-31(18-7-5-17(6-8-18)24(26,27)28)22(35)36-15-23(21(29)34)9-11-30(12-10-23)20(33)14-32/h1-8,32H,9-15H2,(H2,29,34). The fraction of sp³-hybridized carbons (Fsp3) is 0.375. The summed E-state index contributed by atoms with van der Waals surface area (Å²) in [6.07, 6.45) is -5.23. The topological polar surface area (TPSA) is 113 Å². The normalized spacial score (nSPS) is 15.3. The molecule has 1 aliphatic heterocycles. The van der Waals surface area contributed by atoms with Gasteiger partial charge in [0.1, 0.15) is 13.2 Å². The lowest BCUT2D eigenvalue weighted by molar-refractivity contribution is -0.142. The maximum absolute atomic E-state index is 13.2. The molecule has 0 bridgehead atoms. The van der Waals surface area contributed by atoms with Crippen molar-refractivity contribution in [2.24, 2.45) is 11.1 Å². The van der Waals surface area contributed by atoms with Crippen LogP contribution in [0.2, 0.25) is 5.02 Å². The molecule has 0 spiro atoms. The van der Waals surface area contributed by atoms with Gasteiger partial charge in [-0.1, -0.05) is 29.8 Å². The van der Waals surface area contributed by atoms with Crippen molar-refractivity contribution in [2.45, 2.75) is 25.6 Å². The molecule has 1 fully saturated rings. The van der Waals surface area contributed by atoms with Gasteiger partial charge in [-0.15, -0.1) is 0 Å². The number of carbonyl (C=O) groups excluding carboxylic acids is 3. The lowest BCUT2D eigenvalue weighted by Crippen LogP contribution is -2.52. The van der Waals surface area contributed by atoms with Crippen LogP contribution >= 0.6 is 11.6 Å². The summed E-state index contributed by atoms with van der Waals surface area (Å²) < 4.78 is 44.5. The van der Waals surface area contributed by atoms with Gasteiger partial charge >= 0.3 is 12.3 Å². The zero-order valence-corrected chi connectivity index (χ0v) is 19.9. The summed E-state index contributed by atoms with van der Waals surface area (Å²) in [5.41, 5.74) is 4.15. The summed E-state index contributed by atoms with van der Waals surface area (Å²) in [7, 11) is 0. The van der Waals surface area contributed by atoms with Crippen molar-refractivity contribution >= 4 is 35.2 Å². The fourth-order valence-corrected chi connectivity index (χ4v) is 4.11. The summed E-state index contributed by atoms with van der Waals surface area (Å²) in [6.45, 7) is -0.874. The fourth-order valence-electron chi connectivity index (χ4n) is 3.91. The monoisotopic (exact) mass is 527 g/mol. The molecule has 1 aliphatic rings. The third-order valence-electron chi connectivity index (χ3n) is 6.22. The van der Waals surface area contributed by atoms with E-state index in [-0.39, 0.29) is 44.8 Å². The summed E-state index contributed by atoms with van der Waals surface area (Å²) in [6, 6.07) is 10.6. The van der Waals surface area contributed by atoms with Crippen molar-refractivity contribution in [3.8, 4) is 0 Å². The Bertz CT molecular complexity index is 1100. The summed E-state index contributed by atoms with van der Waals surface area (Å²) in [5.74, 6) is -1.20. The van der Waals surface area contributed by atoms with Crippen LogP contribution in [-0.4, -0.2) is 54.2 Å².